The highest BCUT2D eigenvalue weighted by molar-refractivity contribution is 9.10. The summed E-state index contributed by atoms with van der Waals surface area (Å²) in [7, 11) is 0. The topological polar surface area (TPSA) is 45.4 Å². The van der Waals surface area contributed by atoms with E-state index in [-0.39, 0.29) is 5.54 Å². The van der Waals surface area contributed by atoms with Gasteiger partial charge >= 0.3 is 0 Å². The van der Waals surface area contributed by atoms with Gasteiger partial charge in [0.2, 0.25) is 0 Å². The normalized spacial score (nSPS) is 13.9. The van der Waals surface area contributed by atoms with Crippen LogP contribution >= 0.6 is 15.9 Å². The predicted octanol–water partition coefficient (Wildman–Crippen LogP) is 3.99. The molecule has 1 aromatic carbocycles. The first-order chi connectivity index (χ1) is 9.30. The van der Waals surface area contributed by atoms with E-state index in [0.717, 1.165) is 27.4 Å². The molecule has 109 valence electrons. The lowest BCUT2D eigenvalue weighted by atomic mass is 10.1. The number of nitrogens with one attached hydrogen (secondary N) is 1. The van der Waals surface area contributed by atoms with Gasteiger partial charge in [0.25, 0.3) is 0 Å². The molecule has 2 rings (SSSR count). The van der Waals surface area contributed by atoms with E-state index in [9.17, 15) is 5.11 Å². The monoisotopic (exact) mass is 338 g/mol. The number of β-amino-alcohol motifs (C(OH)–C–C–N with tert-alkyl or cyclic N) is 1. The van der Waals surface area contributed by atoms with E-state index in [1.807, 2.05) is 26.0 Å². The highest BCUT2D eigenvalue weighted by Crippen LogP contribution is 2.30. The number of rotatable bonds is 5. The molecule has 0 aliphatic heterocycles. The van der Waals surface area contributed by atoms with Gasteiger partial charge in [0.1, 0.15) is 17.4 Å². The van der Waals surface area contributed by atoms with Gasteiger partial charge < -0.3 is 14.8 Å². The van der Waals surface area contributed by atoms with Crippen LogP contribution in [0, 0.1) is 6.92 Å². The molecule has 0 aliphatic rings. The van der Waals surface area contributed by atoms with Crippen LogP contribution in [0.15, 0.2) is 27.1 Å². The van der Waals surface area contributed by atoms with E-state index < -0.39 is 6.10 Å². The van der Waals surface area contributed by atoms with Crippen LogP contribution in [-0.2, 0) is 6.42 Å². The first kappa shape index (κ1) is 15.5. The summed E-state index contributed by atoms with van der Waals surface area (Å²) in [6, 6.07) is 5.97. The molecule has 2 aromatic rings. The fourth-order valence-corrected chi connectivity index (χ4v) is 2.63. The van der Waals surface area contributed by atoms with Crippen LogP contribution in [-0.4, -0.2) is 17.2 Å². The number of furan rings is 1. The molecule has 1 radical (unpaired) electrons. The molecule has 0 spiro atoms. The first-order valence-corrected chi connectivity index (χ1v) is 7.60. The average Bonchev–Trinajstić information content (AvgIpc) is 2.77. The minimum Gasteiger partial charge on any atom is -0.458 e. The van der Waals surface area contributed by atoms with Crippen LogP contribution in [0.25, 0.3) is 11.0 Å². The number of halogens is 1. The number of hydrogen-bond acceptors (Lipinski definition) is 3. The predicted molar refractivity (Wildman–Crippen MR) is 85.7 cm³/mol. The van der Waals surface area contributed by atoms with Crippen molar-refractivity contribution in [3.63, 3.8) is 0 Å². The smallest absolute Gasteiger partial charge is 0.137 e. The van der Waals surface area contributed by atoms with Gasteiger partial charge in [0.15, 0.2) is 0 Å². The Balaban J connectivity index is 2.27. The van der Waals surface area contributed by atoms with Crippen LogP contribution in [0.2, 0.25) is 0 Å². The second kappa shape index (κ2) is 5.88. The maximum atomic E-state index is 10.2. The Bertz CT molecular complexity index is 598. The maximum Gasteiger partial charge on any atom is 0.137 e. The Hall–Kier alpha value is -0.840. The fourth-order valence-electron chi connectivity index (χ4n) is 2.11. The van der Waals surface area contributed by atoms with Crippen LogP contribution < -0.4 is 5.32 Å². The molecule has 0 amide bonds. The largest absolute Gasteiger partial charge is 0.458 e. The number of hydrogen-bond donors (Lipinski definition) is 2. The van der Waals surface area contributed by atoms with Crippen molar-refractivity contribution in [2.24, 2.45) is 0 Å². The fraction of sp³-hybridized carbons (Fsp3) is 0.438. The minimum absolute atomic E-state index is 0.273. The Kier molecular flexibility index (Phi) is 4.57. The molecule has 1 unspecified atom stereocenters. The van der Waals surface area contributed by atoms with Gasteiger partial charge in [-0.2, -0.15) is 0 Å². The van der Waals surface area contributed by atoms with Crippen molar-refractivity contribution >= 4 is 26.9 Å². The van der Waals surface area contributed by atoms with E-state index in [1.54, 1.807) is 0 Å². The molecule has 0 fully saturated rings. The Morgan fingerprint density at radius 3 is 2.70 bits per heavy atom. The summed E-state index contributed by atoms with van der Waals surface area (Å²) in [6.45, 7) is 10.4. The van der Waals surface area contributed by atoms with Gasteiger partial charge in [-0.1, -0.05) is 22.9 Å². The van der Waals surface area contributed by atoms with Crippen molar-refractivity contribution in [1.82, 2.24) is 5.32 Å². The molecule has 0 saturated heterocycles. The lowest BCUT2D eigenvalue weighted by Gasteiger charge is -2.21. The van der Waals surface area contributed by atoms with Crippen molar-refractivity contribution in [2.45, 2.75) is 38.8 Å². The summed E-state index contributed by atoms with van der Waals surface area (Å²) >= 11 is 3.50. The highest BCUT2D eigenvalue weighted by atomic mass is 79.9. The summed E-state index contributed by atoms with van der Waals surface area (Å²) in [6.07, 6.45) is 0.218. The zero-order valence-corrected chi connectivity index (χ0v) is 13.8. The second-order valence-electron chi connectivity index (χ2n) is 5.77. The molecular weight excluding hydrogens is 318 g/mol. The van der Waals surface area contributed by atoms with Crippen LogP contribution in [0.5, 0.6) is 0 Å². The van der Waals surface area contributed by atoms with E-state index in [4.69, 9.17) is 4.42 Å². The molecule has 1 atom stereocenters. The van der Waals surface area contributed by atoms with E-state index in [0.29, 0.717) is 12.3 Å². The third-order valence-corrected chi connectivity index (χ3v) is 3.62. The Morgan fingerprint density at radius 2 is 2.10 bits per heavy atom. The average molecular weight is 339 g/mol. The van der Waals surface area contributed by atoms with Gasteiger partial charge in [-0.05, 0) is 51.0 Å². The zero-order chi connectivity index (χ0) is 14.9. The summed E-state index contributed by atoms with van der Waals surface area (Å²) < 4.78 is 6.87. The van der Waals surface area contributed by atoms with Crippen molar-refractivity contribution in [2.75, 3.05) is 6.54 Å². The zero-order valence-electron chi connectivity index (χ0n) is 12.2. The Morgan fingerprint density at radius 1 is 1.40 bits per heavy atom. The minimum atomic E-state index is -0.674. The van der Waals surface area contributed by atoms with Gasteiger partial charge in [-0.25, -0.2) is 0 Å². The highest BCUT2D eigenvalue weighted by Gasteiger charge is 2.18. The molecule has 2 N–H and O–H groups in total. The van der Waals surface area contributed by atoms with Crippen molar-refractivity contribution < 1.29 is 9.52 Å². The summed E-state index contributed by atoms with van der Waals surface area (Å²) in [4.78, 5) is 0. The van der Waals surface area contributed by atoms with Crippen molar-refractivity contribution in [3.8, 4) is 0 Å². The van der Waals surface area contributed by atoms with Crippen molar-refractivity contribution in [1.29, 1.82) is 0 Å². The second-order valence-corrected chi connectivity index (χ2v) is 6.68. The molecular formula is C16H21BrNO2. The van der Waals surface area contributed by atoms with Crippen LogP contribution in [0.3, 0.4) is 0 Å². The molecule has 0 saturated carbocycles. The number of fused-ring (bicyclic) bond motifs is 1. The van der Waals surface area contributed by atoms with Gasteiger partial charge in [-0.3, -0.25) is 0 Å². The first-order valence-electron chi connectivity index (χ1n) is 6.80. The standard InChI is InChI=1S/C16H21BrNO2/c1-5-10-6-12(17)7-11-8-14(20-15(10)11)13(19)9-18-16(2,3)4/h6-8,13,18-19H,2,5,9H2,1,3-4H3. The lowest BCUT2D eigenvalue weighted by molar-refractivity contribution is 0.142. The molecule has 0 bridgehead atoms. The SMILES string of the molecule is [CH2]C(C)(C)NCC(O)c1cc2cc(Br)cc(CC)c2o1. The molecule has 1 heterocycles. The molecule has 4 heteroatoms. The van der Waals surface area contributed by atoms with E-state index in [1.165, 1.54) is 0 Å². The molecule has 20 heavy (non-hydrogen) atoms. The van der Waals surface area contributed by atoms with Gasteiger partial charge in [-0.15, -0.1) is 0 Å². The number of aliphatic hydroxyl groups excluding tert-OH is 1. The number of benzene rings is 1. The lowest BCUT2D eigenvalue weighted by Crippen LogP contribution is -2.38. The van der Waals surface area contributed by atoms with E-state index >= 15 is 0 Å². The number of aliphatic hydroxyl groups is 1. The van der Waals surface area contributed by atoms with Crippen LogP contribution in [0.4, 0.5) is 0 Å². The molecule has 1 aromatic heterocycles. The summed E-state index contributed by atoms with van der Waals surface area (Å²) in [5, 5.41) is 14.4. The maximum absolute atomic E-state index is 10.2. The van der Waals surface area contributed by atoms with Crippen molar-refractivity contribution in [3.05, 3.63) is 40.9 Å². The van der Waals surface area contributed by atoms with E-state index in [2.05, 4.69) is 41.2 Å². The number of aryl methyl sites for hydroxylation is 1. The summed E-state index contributed by atoms with van der Waals surface area (Å²) in [5.41, 5.74) is 1.72. The van der Waals surface area contributed by atoms with Gasteiger partial charge in [0.05, 0.1) is 0 Å². The third kappa shape index (κ3) is 3.62. The van der Waals surface area contributed by atoms with Crippen LogP contribution in [0.1, 0.15) is 38.2 Å². The summed E-state index contributed by atoms with van der Waals surface area (Å²) in [5.74, 6) is 0.588. The van der Waals surface area contributed by atoms with Gasteiger partial charge in [0, 0.05) is 21.9 Å². The Labute approximate surface area is 128 Å². The molecule has 3 nitrogen and oxygen atoms in total. The quantitative estimate of drug-likeness (QED) is 0.866. The molecule has 0 aliphatic carbocycles. The third-order valence-electron chi connectivity index (χ3n) is 3.16.